The van der Waals surface area contributed by atoms with Gasteiger partial charge in [-0.2, -0.15) is 0 Å². The average Bonchev–Trinajstić information content (AvgIpc) is 2.27. The Morgan fingerprint density at radius 1 is 1.21 bits per heavy atom. The Morgan fingerprint density at radius 3 is 2.26 bits per heavy atom. The monoisotopic (exact) mass is 264 g/mol. The van der Waals surface area contributed by atoms with Gasteiger partial charge in [0.25, 0.3) is 5.91 Å². The van der Waals surface area contributed by atoms with Gasteiger partial charge in [0, 0.05) is 24.2 Å². The molecule has 0 aliphatic carbocycles. The predicted octanol–water partition coefficient (Wildman–Crippen LogP) is 1.53. The minimum Gasteiger partial charge on any atom is -0.393 e. The van der Waals surface area contributed by atoms with E-state index in [1.165, 1.54) is 6.92 Å². The zero-order chi connectivity index (χ0) is 14.4. The van der Waals surface area contributed by atoms with Crippen LogP contribution in [0.25, 0.3) is 0 Å². The molecule has 0 saturated heterocycles. The lowest BCUT2D eigenvalue weighted by molar-refractivity contribution is -0.114. The molecule has 1 aromatic carbocycles. The van der Waals surface area contributed by atoms with Crippen molar-refractivity contribution in [2.45, 2.75) is 39.3 Å². The van der Waals surface area contributed by atoms with Crippen molar-refractivity contribution < 1.29 is 14.7 Å². The summed E-state index contributed by atoms with van der Waals surface area (Å²) in [4.78, 5) is 22.8. The van der Waals surface area contributed by atoms with Crippen LogP contribution in [0.3, 0.4) is 0 Å². The molecule has 2 atom stereocenters. The van der Waals surface area contributed by atoms with E-state index < -0.39 is 6.10 Å². The van der Waals surface area contributed by atoms with Crippen LogP contribution in [0.1, 0.15) is 37.6 Å². The van der Waals surface area contributed by atoms with Crippen molar-refractivity contribution in [2.24, 2.45) is 0 Å². The zero-order valence-electron chi connectivity index (χ0n) is 11.4. The first-order valence-electron chi connectivity index (χ1n) is 6.25. The zero-order valence-corrected chi connectivity index (χ0v) is 11.4. The summed E-state index contributed by atoms with van der Waals surface area (Å²) in [5.41, 5.74) is 1.17. The Bertz CT molecular complexity index is 441. The van der Waals surface area contributed by atoms with E-state index in [4.69, 9.17) is 0 Å². The lowest BCUT2D eigenvalue weighted by Crippen LogP contribution is -2.34. The van der Waals surface area contributed by atoms with E-state index in [2.05, 4.69) is 10.6 Å². The van der Waals surface area contributed by atoms with Crippen LogP contribution in [0.2, 0.25) is 0 Å². The number of hydrogen-bond donors (Lipinski definition) is 3. The lowest BCUT2D eigenvalue weighted by Gasteiger charge is -2.15. The van der Waals surface area contributed by atoms with Gasteiger partial charge < -0.3 is 15.7 Å². The summed E-state index contributed by atoms with van der Waals surface area (Å²) < 4.78 is 0. The Hall–Kier alpha value is -1.88. The number of anilines is 1. The second kappa shape index (κ2) is 6.89. The van der Waals surface area contributed by atoms with Crippen molar-refractivity contribution >= 4 is 17.5 Å². The summed E-state index contributed by atoms with van der Waals surface area (Å²) >= 11 is 0. The van der Waals surface area contributed by atoms with Crippen molar-refractivity contribution in [1.29, 1.82) is 0 Å². The molecule has 1 rings (SSSR count). The highest BCUT2D eigenvalue weighted by Crippen LogP contribution is 2.10. The van der Waals surface area contributed by atoms with Crippen LogP contribution >= 0.6 is 0 Å². The van der Waals surface area contributed by atoms with E-state index in [-0.39, 0.29) is 17.9 Å². The molecule has 0 fully saturated rings. The van der Waals surface area contributed by atoms with Crippen molar-refractivity contribution in [3.63, 3.8) is 0 Å². The summed E-state index contributed by atoms with van der Waals surface area (Å²) in [6.07, 6.45) is 0.0628. The molecular weight excluding hydrogens is 244 g/mol. The van der Waals surface area contributed by atoms with Crippen LogP contribution in [0, 0.1) is 0 Å². The maximum absolute atomic E-state index is 11.9. The third-order valence-electron chi connectivity index (χ3n) is 2.54. The van der Waals surface area contributed by atoms with Gasteiger partial charge in [0.15, 0.2) is 0 Å². The van der Waals surface area contributed by atoms with Crippen LogP contribution in [-0.2, 0) is 4.79 Å². The number of rotatable bonds is 5. The van der Waals surface area contributed by atoms with E-state index in [0.29, 0.717) is 17.7 Å². The summed E-state index contributed by atoms with van der Waals surface area (Å²) in [6, 6.07) is 6.55. The minimum absolute atomic E-state index is 0.0949. The topological polar surface area (TPSA) is 78.4 Å². The molecule has 3 N–H and O–H groups in total. The summed E-state index contributed by atoms with van der Waals surface area (Å²) in [5.74, 6) is -0.342. The van der Waals surface area contributed by atoms with E-state index in [9.17, 15) is 14.7 Å². The highest BCUT2D eigenvalue weighted by atomic mass is 16.3. The predicted molar refractivity (Wildman–Crippen MR) is 74.0 cm³/mol. The second-order valence-electron chi connectivity index (χ2n) is 4.72. The maximum atomic E-state index is 11.9. The molecule has 0 radical (unpaired) electrons. The van der Waals surface area contributed by atoms with Crippen molar-refractivity contribution in [1.82, 2.24) is 5.32 Å². The molecule has 0 aliphatic rings. The molecule has 5 nitrogen and oxygen atoms in total. The fourth-order valence-corrected chi connectivity index (χ4v) is 1.79. The Kier molecular flexibility index (Phi) is 5.51. The Balaban J connectivity index is 2.60. The minimum atomic E-state index is -0.447. The van der Waals surface area contributed by atoms with Crippen LogP contribution in [0.5, 0.6) is 0 Å². The first-order valence-corrected chi connectivity index (χ1v) is 6.25. The van der Waals surface area contributed by atoms with Gasteiger partial charge in [-0.1, -0.05) is 0 Å². The third kappa shape index (κ3) is 5.52. The average molecular weight is 264 g/mol. The summed E-state index contributed by atoms with van der Waals surface area (Å²) in [6.45, 7) is 4.96. The highest BCUT2D eigenvalue weighted by molar-refractivity contribution is 5.95. The van der Waals surface area contributed by atoms with Gasteiger partial charge in [-0.05, 0) is 44.5 Å². The molecule has 0 aliphatic heterocycles. The Labute approximate surface area is 113 Å². The molecule has 2 unspecified atom stereocenters. The molecule has 2 amide bonds. The highest BCUT2D eigenvalue weighted by Gasteiger charge is 2.11. The van der Waals surface area contributed by atoms with Crippen molar-refractivity contribution in [3.05, 3.63) is 29.8 Å². The van der Waals surface area contributed by atoms with E-state index >= 15 is 0 Å². The number of aliphatic hydroxyl groups is 1. The molecule has 0 aromatic heterocycles. The maximum Gasteiger partial charge on any atom is 0.251 e. The molecule has 0 heterocycles. The van der Waals surface area contributed by atoms with E-state index in [1.807, 2.05) is 6.92 Å². The summed E-state index contributed by atoms with van der Waals surface area (Å²) in [7, 11) is 0. The largest absolute Gasteiger partial charge is 0.393 e. The number of aliphatic hydroxyl groups excluding tert-OH is 1. The van der Waals surface area contributed by atoms with Gasteiger partial charge in [0.2, 0.25) is 5.91 Å². The SMILES string of the molecule is CC(=O)Nc1ccc(C(=O)NC(C)CC(C)O)cc1. The molecular formula is C14H20N2O3. The van der Waals surface area contributed by atoms with Crippen LogP contribution in [0.4, 0.5) is 5.69 Å². The molecule has 0 bridgehead atoms. The number of benzene rings is 1. The molecule has 5 heteroatoms. The van der Waals surface area contributed by atoms with Gasteiger partial charge in [0.05, 0.1) is 6.10 Å². The van der Waals surface area contributed by atoms with Gasteiger partial charge in [-0.3, -0.25) is 9.59 Å². The van der Waals surface area contributed by atoms with Gasteiger partial charge >= 0.3 is 0 Å². The van der Waals surface area contributed by atoms with Gasteiger partial charge in [-0.25, -0.2) is 0 Å². The molecule has 104 valence electrons. The quantitative estimate of drug-likeness (QED) is 0.754. The standard InChI is InChI=1S/C14H20N2O3/c1-9(8-10(2)17)15-14(19)12-4-6-13(7-5-12)16-11(3)18/h4-7,9-10,17H,8H2,1-3H3,(H,15,19)(H,16,18). The normalized spacial score (nSPS) is 13.5. The molecule has 0 saturated carbocycles. The first-order chi connectivity index (χ1) is 8.88. The lowest BCUT2D eigenvalue weighted by atomic mass is 10.1. The first kappa shape index (κ1) is 15.2. The smallest absolute Gasteiger partial charge is 0.251 e. The number of hydrogen-bond acceptors (Lipinski definition) is 3. The number of amides is 2. The van der Waals surface area contributed by atoms with E-state index in [1.54, 1.807) is 31.2 Å². The number of carbonyl (C=O) groups is 2. The van der Waals surface area contributed by atoms with Gasteiger partial charge in [-0.15, -0.1) is 0 Å². The van der Waals surface area contributed by atoms with Crippen molar-refractivity contribution in [3.8, 4) is 0 Å². The van der Waals surface area contributed by atoms with Crippen molar-refractivity contribution in [2.75, 3.05) is 5.32 Å². The number of carbonyl (C=O) groups excluding carboxylic acids is 2. The van der Waals surface area contributed by atoms with Gasteiger partial charge in [0.1, 0.15) is 0 Å². The third-order valence-corrected chi connectivity index (χ3v) is 2.54. The summed E-state index contributed by atoms with van der Waals surface area (Å²) in [5, 5.41) is 14.7. The Morgan fingerprint density at radius 2 is 1.79 bits per heavy atom. The fraction of sp³-hybridized carbons (Fsp3) is 0.429. The molecule has 1 aromatic rings. The fourth-order valence-electron chi connectivity index (χ4n) is 1.79. The number of nitrogens with one attached hydrogen (secondary N) is 2. The molecule has 0 spiro atoms. The molecule has 19 heavy (non-hydrogen) atoms. The van der Waals surface area contributed by atoms with Crippen LogP contribution < -0.4 is 10.6 Å². The second-order valence-corrected chi connectivity index (χ2v) is 4.72. The van der Waals surface area contributed by atoms with Crippen LogP contribution in [0.15, 0.2) is 24.3 Å². The van der Waals surface area contributed by atoms with E-state index in [0.717, 1.165) is 0 Å². The van der Waals surface area contributed by atoms with Crippen LogP contribution in [-0.4, -0.2) is 29.1 Å².